The van der Waals surface area contributed by atoms with E-state index in [0.29, 0.717) is 12.7 Å². The van der Waals surface area contributed by atoms with E-state index in [2.05, 4.69) is 6.92 Å². The number of rotatable bonds is 15. The summed E-state index contributed by atoms with van der Waals surface area (Å²) in [6.07, 6.45) is 8.50. The first-order valence-electron chi connectivity index (χ1n) is 8.16. The van der Waals surface area contributed by atoms with E-state index in [4.69, 9.17) is 0 Å². The van der Waals surface area contributed by atoms with Crippen molar-refractivity contribution in [3.8, 4) is 0 Å². The maximum absolute atomic E-state index is 11.0. The van der Waals surface area contributed by atoms with Crippen LogP contribution in [0, 0.1) is 30.3 Å². The predicted octanol–water partition coefficient (Wildman–Crippen LogP) is 2.91. The van der Waals surface area contributed by atoms with Gasteiger partial charge in [-0.25, -0.2) is 0 Å². The van der Waals surface area contributed by atoms with Crippen molar-refractivity contribution in [3.63, 3.8) is 0 Å². The minimum absolute atomic E-state index is 0.214. The Morgan fingerprint density at radius 2 is 1.25 bits per heavy atom. The molecule has 10 heteroatoms. The number of unbranched alkanes of at least 4 members (excludes halogenated alkanes) is 8. The zero-order chi connectivity index (χ0) is 18.6. The van der Waals surface area contributed by atoms with Gasteiger partial charge in [0.1, 0.15) is 9.85 Å². The van der Waals surface area contributed by atoms with Gasteiger partial charge in [0.25, 0.3) is 0 Å². The third-order valence-corrected chi connectivity index (χ3v) is 4.01. The molecule has 1 radical (unpaired) electrons. The summed E-state index contributed by atoms with van der Waals surface area (Å²) in [5, 5.41) is 32.8. The van der Waals surface area contributed by atoms with Gasteiger partial charge in [-0.2, -0.15) is 0 Å². The maximum atomic E-state index is 11.0. The fourth-order valence-electron chi connectivity index (χ4n) is 2.55. The lowest BCUT2D eigenvalue weighted by atomic mass is 9.96. The van der Waals surface area contributed by atoms with Crippen molar-refractivity contribution >= 4 is 6.29 Å². The van der Waals surface area contributed by atoms with Crippen LogP contribution < -0.4 is 0 Å². The lowest BCUT2D eigenvalue weighted by Crippen LogP contribution is -2.59. The molecule has 0 spiro atoms. The molecule has 0 saturated heterocycles. The number of nitro groups is 3. The topological polar surface area (TPSA) is 146 Å². The summed E-state index contributed by atoms with van der Waals surface area (Å²) in [7, 11) is 0. The molecule has 24 heavy (non-hydrogen) atoms. The average molecular weight is 346 g/mol. The Kier molecular flexibility index (Phi) is 10.4. The molecule has 137 valence electrons. The minimum atomic E-state index is -3.54. The summed E-state index contributed by atoms with van der Waals surface area (Å²) in [4.78, 5) is 39.4. The molecular weight excluding hydrogens is 322 g/mol. The second kappa shape index (κ2) is 11.4. The highest BCUT2D eigenvalue weighted by Crippen LogP contribution is 2.22. The Bertz CT molecular complexity index is 428. The lowest BCUT2D eigenvalue weighted by molar-refractivity contribution is -0.810. The summed E-state index contributed by atoms with van der Waals surface area (Å²) in [6, 6.07) is -2.22. The van der Waals surface area contributed by atoms with Gasteiger partial charge in [0.05, 0.1) is 0 Å². The van der Waals surface area contributed by atoms with Crippen LogP contribution in [0.3, 0.4) is 0 Å². The van der Waals surface area contributed by atoms with Gasteiger partial charge in [0.2, 0.25) is 0 Å². The molecule has 0 N–H and O–H groups in total. The molecule has 0 aromatic carbocycles. The summed E-state index contributed by atoms with van der Waals surface area (Å²) in [5.41, 5.74) is -3.54. The van der Waals surface area contributed by atoms with Crippen LogP contribution >= 0.6 is 0 Å². The molecule has 10 nitrogen and oxygen atoms in total. The van der Waals surface area contributed by atoms with Gasteiger partial charge in [-0.3, -0.25) is 35.1 Å². The van der Waals surface area contributed by atoms with Gasteiger partial charge in [-0.05, 0) is 6.42 Å². The molecule has 0 heterocycles. The fraction of sp³-hybridized carbons (Fsp3) is 0.929. The molecule has 0 saturated carbocycles. The molecule has 0 aliphatic rings. The minimum Gasteiger partial charge on any atom is -0.273 e. The van der Waals surface area contributed by atoms with Crippen LogP contribution in [0.1, 0.15) is 71.1 Å². The third kappa shape index (κ3) is 6.17. The van der Waals surface area contributed by atoms with Gasteiger partial charge in [-0.1, -0.05) is 58.3 Å². The van der Waals surface area contributed by atoms with Crippen LogP contribution in [0.4, 0.5) is 0 Å². The Morgan fingerprint density at radius 1 is 0.833 bits per heavy atom. The average Bonchev–Trinajstić information content (AvgIpc) is 2.51. The number of carbonyl (C=O) groups excluding carboxylic acids is 1. The highest BCUT2D eigenvalue weighted by Gasteiger charge is 2.71. The first-order valence-corrected chi connectivity index (χ1v) is 8.16. The second-order valence-corrected chi connectivity index (χ2v) is 5.76. The molecule has 0 aromatic heterocycles. The van der Waals surface area contributed by atoms with Gasteiger partial charge < -0.3 is 0 Å². The van der Waals surface area contributed by atoms with Gasteiger partial charge >= 0.3 is 18.0 Å². The normalized spacial score (nSPS) is 12.5. The van der Waals surface area contributed by atoms with E-state index in [9.17, 15) is 35.1 Å². The SMILES string of the molecule is CCCCCCCCCCCC([N+](=O)[O-])C([C]=O)([N+](=O)[O-])[N+](=O)[O-]. The predicted molar refractivity (Wildman–Crippen MR) is 85.0 cm³/mol. The molecule has 0 aliphatic heterocycles. The highest BCUT2D eigenvalue weighted by molar-refractivity contribution is 5.61. The lowest BCUT2D eigenvalue weighted by Gasteiger charge is -2.14. The van der Waals surface area contributed by atoms with Crippen molar-refractivity contribution in [3.05, 3.63) is 30.3 Å². The van der Waals surface area contributed by atoms with Crippen molar-refractivity contribution in [2.75, 3.05) is 0 Å². The van der Waals surface area contributed by atoms with E-state index in [1.54, 1.807) is 0 Å². The number of hydrogen-bond acceptors (Lipinski definition) is 7. The summed E-state index contributed by atoms with van der Waals surface area (Å²) in [6.45, 7) is 2.12. The summed E-state index contributed by atoms with van der Waals surface area (Å²) >= 11 is 0. The molecule has 1 atom stereocenters. The van der Waals surface area contributed by atoms with Gasteiger partial charge in [0.15, 0.2) is 0 Å². The van der Waals surface area contributed by atoms with E-state index in [1.165, 1.54) is 12.8 Å². The van der Waals surface area contributed by atoms with Crippen LogP contribution in [-0.2, 0) is 4.79 Å². The molecule has 0 bridgehead atoms. The van der Waals surface area contributed by atoms with E-state index in [0.717, 1.165) is 32.1 Å². The molecule has 1 unspecified atom stereocenters. The standard InChI is InChI=1S/C14H24N3O7/c1-2-3-4-5-6-7-8-9-10-11-13(15(19)20)14(12-18,16(21)22)17(23)24/h13H,2-11H2,1H3. The van der Waals surface area contributed by atoms with Crippen LogP contribution in [0.25, 0.3) is 0 Å². The van der Waals surface area contributed by atoms with Gasteiger partial charge in [-0.15, -0.1) is 0 Å². The molecular formula is C14H24N3O7. The van der Waals surface area contributed by atoms with Crippen LogP contribution in [0.15, 0.2) is 0 Å². The zero-order valence-corrected chi connectivity index (χ0v) is 13.8. The number of hydrogen-bond donors (Lipinski definition) is 0. The Hall–Kier alpha value is -2.13. The van der Waals surface area contributed by atoms with Crippen LogP contribution in [0.2, 0.25) is 0 Å². The molecule has 0 aromatic rings. The van der Waals surface area contributed by atoms with Crippen LogP contribution in [-0.4, -0.2) is 32.8 Å². The second-order valence-electron chi connectivity index (χ2n) is 5.76. The summed E-state index contributed by atoms with van der Waals surface area (Å²) in [5.74, 6) is 0. The Morgan fingerprint density at radius 3 is 1.58 bits per heavy atom. The first-order chi connectivity index (χ1) is 11.3. The highest BCUT2D eigenvalue weighted by atomic mass is 16.7. The van der Waals surface area contributed by atoms with Gasteiger partial charge in [0, 0.05) is 11.3 Å². The molecule has 0 fully saturated rings. The van der Waals surface area contributed by atoms with E-state index >= 15 is 0 Å². The van der Waals surface area contributed by atoms with E-state index < -0.39 is 32.9 Å². The quantitative estimate of drug-likeness (QED) is 0.192. The Balaban J connectivity index is 4.45. The first kappa shape index (κ1) is 21.9. The zero-order valence-electron chi connectivity index (χ0n) is 13.8. The molecule has 0 amide bonds. The largest absolute Gasteiger partial charge is 0.588 e. The summed E-state index contributed by atoms with van der Waals surface area (Å²) < 4.78 is 0. The third-order valence-electron chi connectivity index (χ3n) is 4.01. The van der Waals surface area contributed by atoms with Crippen molar-refractivity contribution in [1.29, 1.82) is 0 Å². The molecule has 0 rings (SSSR count). The van der Waals surface area contributed by atoms with Crippen LogP contribution in [0.5, 0.6) is 0 Å². The fourth-order valence-corrected chi connectivity index (χ4v) is 2.55. The molecule has 0 aliphatic carbocycles. The Labute approximate surface area is 140 Å². The van der Waals surface area contributed by atoms with Crippen molar-refractivity contribution in [1.82, 2.24) is 0 Å². The van der Waals surface area contributed by atoms with Crippen molar-refractivity contribution in [2.45, 2.75) is 82.8 Å². The number of nitrogens with zero attached hydrogens (tertiary/aromatic N) is 3. The monoisotopic (exact) mass is 346 g/mol. The van der Waals surface area contributed by atoms with E-state index in [1.807, 2.05) is 0 Å². The van der Waals surface area contributed by atoms with Crippen molar-refractivity contribution < 1.29 is 19.6 Å². The maximum Gasteiger partial charge on any atom is 0.588 e. The van der Waals surface area contributed by atoms with Crippen molar-refractivity contribution in [2.24, 2.45) is 0 Å². The van der Waals surface area contributed by atoms with E-state index in [-0.39, 0.29) is 6.42 Å². The smallest absolute Gasteiger partial charge is 0.273 e.